The number of carbonyl (C=O) groups is 1. The molecule has 1 aliphatic heterocycles. The third-order valence-corrected chi connectivity index (χ3v) is 10.6. The number of aliphatic hydroxyl groups excluding tert-OH is 1. The molecule has 5 rings (SSSR count). The van der Waals surface area contributed by atoms with Crippen LogP contribution >= 0.6 is 0 Å². The summed E-state index contributed by atoms with van der Waals surface area (Å²) in [5.41, 5.74) is -0.804. The van der Waals surface area contributed by atoms with Gasteiger partial charge in [0.2, 0.25) is 0 Å². The number of allylic oxidation sites excluding steroid dienone is 2. The molecule has 4 heteroatoms. The first kappa shape index (κ1) is 22.1. The molecule has 4 aliphatic carbocycles. The molecule has 1 saturated heterocycles. The first-order valence-electron chi connectivity index (χ1n) is 12.8. The third kappa shape index (κ3) is 3.07. The second kappa shape index (κ2) is 7.14. The fourth-order valence-electron chi connectivity index (χ4n) is 9.39. The van der Waals surface area contributed by atoms with Crippen molar-refractivity contribution in [1.29, 1.82) is 0 Å². The lowest BCUT2D eigenvalue weighted by atomic mass is 9.45. The summed E-state index contributed by atoms with van der Waals surface area (Å²) in [7, 11) is 0. The molecule has 1 heterocycles. The molecule has 0 spiro atoms. The summed E-state index contributed by atoms with van der Waals surface area (Å²) in [6, 6.07) is 0. The van der Waals surface area contributed by atoms with Crippen molar-refractivity contribution in [2.45, 2.75) is 103 Å². The number of ether oxygens (including phenoxy) is 1. The van der Waals surface area contributed by atoms with Gasteiger partial charge in [-0.3, -0.25) is 4.79 Å². The number of carbonyl (C=O) groups excluding carboxylic acids is 1. The van der Waals surface area contributed by atoms with Crippen LogP contribution in [0.5, 0.6) is 0 Å². The van der Waals surface area contributed by atoms with Crippen LogP contribution in [-0.4, -0.2) is 39.9 Å². The van der Waals surface area contributed by atoms with E-state index in [2.05, 4.69) is 33.8 Å². The maximum absolute atomic E-state index is 12.1. The van der Waals surface area contributed by atoms with Crippen LogP contribution in [0.1, 0.15) is 79.6 Å². The van der Waals surface area contributed by atoms with E-state index in [0.717, 1.165) is 25.7 Å². The highest BCUT2D eigenvalue weighted by atomic mass is 16.5. The fraction of sp³-hybridized carbons (Fsp3) is 0.889. The zero-order chi connectivity index (χ0) is 22.3. The van der Waals surface area contributed by atoms with Crippen LogP contribution in [0.15, 0.2) is 12.2 Å². The molecule has 5 aliphatic rings. The Kier molecular flexibility index (Phi) is 5.09. The van der Waals surface area contributed by atoms with Crippen molar-refractivity contribution in [2.24, 2.45) is 46.3 Å². The van der Waals surface area contributed by atoms with E-state index in [0.29, 0.717) is 41.8 Å². The number of hydrogen-bond acceptors (Lipinski definition) is 4. The Balaban J connectivity index is 1.42. The number of rotatable bonds is 3. The molecule has 0 aromatic heterocycles. The average Bonchev–Trinajstić information content (AvgIpc) is 3.13. The van der Waals surface area contributed by atoms with Gasteiger partial charge in [0.25, 0.3) is 0 Å². The molecular weight excluding hydrogens is 388 g/mol. The molecule has 0 radical (unpaired) electrons. The monoisotopic (exact) mass is 430 g/mol. The lowest BCUT2D eigenvalue weighted by molar-refractivity contribution is -0.147. The van der Waals surface area contributed by atoms with Crippen LogP contribution in [0.2, 0.25) is 0 Å². The topological polar surface area (TPSA) is 66.8 Å². The van der Waals surface area contributed by atoms with Crippen molar-refractivity contribution in [2.75, 3.05) is 0 Å². The highest BCUT2D eigenvalue weighted by Crippen LogP contribution is 2.70. The Morgan fingerprint density at radius 3 is 2.61 bits per heavy atom. The van der Waals surface area contributed by atoms with E-state index in [1.807, 2.05) is 13.0 Å². The van der Waals surface area contributed by atoms with Crippen molar-refractivity contribution in [1.82, 2.24) is 0 Å². The fourth-order valence-corrected chi connectivity index (χ4v) is 9.39. The van der Waals surface area contributed by atoms with Gasteiger partial charge in [0.15, 0.2) is 5.78 Å². The molecule has 2 N–H and O–H groups in total. The van der Waals surface area contributed by atoms with Gasteiger partial charge in [-0.05, 0) is 91.9 Å². The molecule has 0 bridgehead atoms. The van der Waals surface area contributed by atoms with Crippen molar-refractivity contribution < 1.29 is 19.7 Å². The van der Waals surface area contributed by atoms with E-state index >= 15 is 0 Å². The molecule has 4 fully saturated rings. The van der Waals surface area contributed by atoms with Crippen LogP contribution in [-0.2, 0) is 9.53 Å². The lowest BCUT2D eigenvalue weighted by Gasteiger charge is -2.59. The predicted octanol–water partition coefficient (Wildman–Crippen LogP) is 4.53. The van der Waals surface area contributed by atoms with E-state index in [1.165, 1.54) is 12.8 Å². The van der Waals surface area contributed by atoms with Crippen LogP contribution in [0.4, 0.5) is 0 Å². The molecular formula is C27H42O4. The van der Waals surface area contributed by atoms with Crippen molar-refractivity contribution in [3.8, 4) is 0 Å². The number of fused-ring (bicyclic) bond motifs is 7. The first-order valence-corrected chi connectivity index (χ1v) is 12.8. The van der Waals surface area contributed by atoms with Crippen molar-refractivity contribution in [3.05, 3.63) is 12.2 Å². The van der Waals surface area contributed by atoms with Gasteiger partial charge in [-0.2, -0.15) is 0 Å². The summed E-state index contributed by atoms with van der Waals surface area (Å²) >= 11 is 0. The molecule has 11 atom stereocenters. The molecule has 31 heavy (non-hydrogen) atoms. The number of aliphatic hydroxyl groups is 2. The largest absolute Gasteiger partial charge is 0.390 e. The summed E-state index contributed by atoms with van der Waals surface area (Å²) in [5.74, 6) is 3.08. The third-order valence-electron chi connectivity index (χ3n) is 10.6. The molecule has 4 nitrogen and oxygen atoms in total. The van der Waals surface area contributed by atoms with Gasteiger partial charge in [0.05, 0.1) is 17.8 Å². The Bertz CT molecular complexity index is 771. The van der Waals surface area contributed by atoms with Gasteiger partial charge in [-0.25, -0.2) is 0 Å². The zero-order valence-electron chi connectivity index (χ0n) is 20.0. The van der Waals surface area contributed by atoms with Crippen LogP contribution in [0.3, 0.4) is 0 Å². The highest BCUT2D eigenvalue weighted by molar-refractivity contribution is 5.91. The average molecular weight is 431 g/mol. The smallest absolute Gasteiger partial charge is 0.155 e. The number of hydrogen-bond donors (Lipinski definition) is 2. The molecule has 0 unspecified atom stereocenters. The molecule has 0 aromatic carbocycles. The SMILES string of the molecule is CC(C)C[C@H](O)[C@@H]1O[C@H]2C[C@H]3[C@@H]4CC[C@H]5CC(=O)C=C[C@]5(C)[C@H]4CC[C@]3(C)[C@H]2[C@@]1(C)O. The van der Waals surface area contributed by atoms with E-state index in [4.69, 9.17) is 4.74 Å². The van der Waals surface area contributed by atoms with E-state index in [-0.39, 0.29) is 22.9 Å². The Labute approximate surface area is 187 Å². The van der Waals surface area contributed by atoms with Gasteiger partial charge >= 0.3 is 0 Å². The maximum atomic E-state index is 12.1. The van der Waals surface area contributed by atoms with Gasteiger partial charge in [0, 0.05) is 12.3 Å². The van der Waals surface area contributed by atoms with E-state index < -0.39 is 17.8 Å². The second-order valence-electron chi connectivity index (χ2n) is 12.8. The minimum absolute atomic E-state index is 0.0459. The van der Waals surface area contributed by atoms with Crippen LogP contribution in [0.25, 0.3) is 0 Å². The first-order chi connectivity index (χ1) is 14.5. The van der Waals surface area contributed by atoms with Crippen molar-refractivity contribution in [3.63, 3.8) is 0 Å². The maximum Gasteiger partial charge on any atom is 0.155 e. The highest BCUT2D eigenvalue weighted by Gasteiger charge is 2.70. The summed E-state index contributed by atoms with van der Waals surface area (Å²) in [6.07, 6.45) is 10.1. The summed E-state index contributed by atoms with van der Waals surface area (Å²) in [6.45, 7) is 11.0. The van der Waals surface area contributed by atoms with E-state index in [1.54, 1.807) is 0 Å². The second-order valence-corrected chi connectivity index (χ2v) is 12.8. The molecule has 3 saturated carbocycles. The molecule has 0 amide bonds. The Hall–Kier alpha value is -0.710. The zero-order valence-corrected chi connectivity index (χ0v) is 20.0. The van der Waals surface area contributed by atoms with Gasteiger partial charge in [-0.15, -0.1) is 0 Å². The number of ketones is 1. The van der Waals surface area contributed by atoms with E-state index in [9.17, 15) is 15.0 Å². The summed E-state index contributed by atoms with van der Waals surface area (Å²) in [5, 5.41) is 22.6. The Morgan fingerprint density at radius 1 is 1.16 bits per heavy atom. The predicted molar refractivity (Wildman–Crippen MR) is 120 cm³/mol. The summed E-state index contributed by atoms with van der Waals surface area (Å²) < 4.78 is 6.49. The standard InChI is InChI=1S/C27H42O4/c1-15(2)12-21(29)24-27(5,30)23-22(31-24)14-20-18-7-6-16-13-17(28)8-10-25(16,3)19(18)9-11-26(20,23)4/h8,10,15-16,18-24,29-30H,6-7,9,11-14H2,1-5H3/t16-,18+,19-,20-,21-,22-,23-,24-,25-,26-,27+/m0/s1. The van der Waals surface area contributed by atoms with Crippen molar-refractivity contribution >= 4 is 5.78 Å². The van der Waals surface area contributed by atoms with Crippen LogP contribution in [0, 0.1) is 46.3 Å². The normalized spacial score (nSPS) is 54.3. The lowest BCUT2D eigenvalue weighted by Crippen LogP contribution is -2.56. The summed E-state index contributed by atoms with van der Waals surface area (Å²) in [4.78, 5) is 12.1. The minimum Gasteiger partial charge on any atom is -0.390 e. The molecule has 174 valence electrons. The van der Waals surface area contributed by atoms with Gasteiger partial charge in [0.1, 0.15) is 6.10 Å². The minimum atomic E-state index is -0.992. The quantitative estimate of drug-likeness (QED) is 0.691. The van der Waals surface area contributed by atoms with Gasteiger partial charge in [-0.1, -0.05) is 33.8 Å². The molecule has 0 aromatic rings. The van der Waals surface area contributed by atoms with Crippen LogP contribution < -0.4 is 0 Å². The Morgan fingerprint density at radius 2 is 1.90 bits per heavy atom. The van der Waals surface area contributed by atoms with Gasteiger partial charge < -0.3 is 14.9 Å².